The van der Waals surface area contributed by atoms with Gasteiger partial charge in [-0.1, -0.05) is 30.3 Å². The van der Waals surface area contributed by atoms with Gasteiger partial charge >= 0.3 is 0 Å². The topological polar surface area (TPSA) is 102 Å². The molecule has 1 saturated heterocycles. The minimum atomic E-state index is -1.04. The Hall–Kier alpha value is -3.33. The summed E-state index contributed by atoms with van der Waals surface area (Å²) in [5, 5.41) is 32.1. The first kappa shape index (κ1) is 19.6. The van der Waals surface area contributed by atoms with Crippen molar-refractivity contribution in [2.45, 2.75) is 38.0 Å². The van der Waals surface area contributed by atoms with Crippen LogP contribution in [0.4, 0.5) is 11.5 Å². The van der Waals surface area contributed by atoms with Crippen LogP contribution >= 0.6 is 0 Å². The Balaban J connectivity index is 1.52. The molecule has 2 aromatic carbocycles. The molecule has 0 unspecified atom stereocenters. The van der Waals surface area contributed by atoms with Gasteiger partial charge in [0.05, 0.1) is 18.3 Å². The lowest BCUT2D eigenvalue weighted by Gasteiger charge is -2.26. The van der Waals surface area contributed by atoms with Crippen LogP contribution in [0.1, 0.15) is 18.7 Å². The number of aliphatic imine (C=N–C) groups is 1. The van der Waals surface area contributed by atoms with Gasteiger partial charge in [-0.2, -0.15) is 0 Å². The first-order valence-electron chi connectivity index (χ1n) is 10.2. The zero-order valence-corrected chi connectivity index (χ0v) is 17.0. The van der Waals surface area contributed by atoms with Crippen molar-refractivity contribution in [2.24, 2.45) is 4.99 Å². The van der Waals surface area contributed by atoms with Gasteiger partial charge < -0.3 is 24.6 Å². The number of benzene rings is 2. The monoisotopic (exact) mass is 420 g/mol. The summed E-state index contributed by atoms with van der Waals surface area (Å²) in [5.41, 5.74) is 7.08. The van der Waals surface area contributed by atoms with Gasteiger partial charge in [0.2, 0.25) is 0 Å². The number of aromatic nitrogens is 1. The van der Waals surface area contributed by atoms with Crippen LogP contribution in [0.5, 0.6) is 5.75 Å². The molecule has 1 fully saturated rings. The van der Waals surface area contributed by atoms with Crippen molar-refractivity contribution in [1.29, 1.82) is 0 Å². The second-order valence-electron chi connectivity index (χ2n) is 7.86. The highest BCUT2D eigenvalue weighted by Gasteiger charge is 2.42. The average molecular weight is 420 g/mol. The number of phenolic OH excluding ortho intramolecular Hbond substituents is 1. The van der Waals surface area contributed by atoms with Crippen LogP contribution in [-0.4, -0.2) is 49.5 Å². The number of hydrogen-bond donors (Lipinski definition) is 4. The van der Waals surface area contributed by atoms with Gasteiger partial charge in [-0.05, 0) is 36.8 Å². The van der Waals surface area contributed by atoms with Crippen molar-refractivity contribution in [1.82, 2.24) is 9.58 Å². The molecule has 1 aromatic heterocycles. The summed E-state index contributed by atoms with van der Waals surface area (Å²) >= 11 is 0. The van der Waals surface area contributed by atoms with Crippen LogP contribution in [0.2, 0.25) is 0 Å². The lowest BCUT2D eigenvalue weighted by Crippen LogP contribution is -2.31. The number of aliphatic hydroxyl groups excluding tert-OH is 2. The maximum Gasteiger partial charge on any atom is 0.164 e. The van der Waals surface area contributed by atoms with Crippen molar-refractivity contribution in [3.8, 4) is 16.9 Å². The average Bonchev–Trinajstić information content (AvgIpc) is 3.28. The molecule has 0 radical (unpaired) electrons. The van der Waals surface area contributed by atoms with Gasteiger partial charge in [-0.3, -0.25) is 10.4 Å². The second-order valence-corrected chi connectivity index (χ2v) is 7.86. The van der Waals surface area contributed by atoms with E-state index in [1.165, 1.54) is 0 Å². The number of fused-ring (bicyclic) bond motifs is 1. The Bertz CT molecular complexity index is 1100. The SMILES string of the molecule is C[C@H]1O[C@@H](n2cc(-c3ccccc3)c3c2N=CN(Nc2ccc(O)cc2)C3)[C@H](O)[C@@H]1O. The highest BCUT2D eigenvalue weighted by molar-refractivity contribution is 5.77. The Morgan fingerprint density at radius 2 is 1.77 bits per heavy atom. The Kier molecular flexibility index (Phi) is 4.90. The molecule has 3 aromatic rings. The highest BCUT2D eigenvalue weighted by Crippen LogP contribution is 2.41. The molecular weight excluding hydrogens is 396 g/mol. The number of phenols is 1. The standard InChI is InChI=1S/C23H24N4O4/c1-14-20(29)21(30)23(31-14)27-12-18(15-5-3-2-4-6-15)19-11-26(13-24-22(19)27)25-16-7-9-17(28)10-8-16/h2-10,12-14,20-21,23,25,28-30H,11H2,1H3/t14-,20-,21-,23-/m1/s1. The quantitative estimate of drug-likeness (QED) is 0.484. The third-order valence-corrected chi connectivity index (χ3v) is 5.73. The summed E-state index contributed by atoms with van der Waals surface area (Å²) in [5.74, 6) is 0.892. The molecule has 0 bridgehead atoms. The molecule has 0 saturated carbocycles. The van der Waals surface area contributed by atoms with Gasteiger partial charge in [-0.25, -0.2) is 4.99 Å². The summed E-state index contributed by atoms with van der Waals surface area (Å²) in [4.78, 5) is 4.64. The van der Waals surface area contributed by atoms with Crippen molar-refractivity contribution in [2.75, 3.05) is 5.43 Å². The fourth-order valence-electron chi connectivity index (χ4n) is 4.08. The van der Waals surface area contributed by atoms with Crippen LogP contribution in [0.25, 0.3) is 11.1 Å². The number of hydrazine groups is 1. The van der Waals surface area contributed by atoms with E-state index in [4.69, 9.17) is 4.74 Å². The molecule has 4 atom stereocenters. The number of ether oxygens (including phenoxy) is 1. The summed E-state index contributed by atoms with van der Waals surface area (Å²) in [6.07, 6.45) is 0.423. The predicted molar refractivity (Wildman–Crippen MR) is 117 cm³/mol. The van der Waals surface area contributed by atoms with E-state index in [2.05, 4.69) is 10.4 Å². The summed E-state index contributed by atoms with van der Waals surface area (Å²) < 4.78 is 7.67. The van der Waals surface area contributed by atoms with Crippen LogP contribution in [0, 0.1) is 0 Å². The molecule has 3 heterocycles. The molecule has 0 spiro atoms. The fourth-order valence-corrected chi connectivity index (χ4v) is 4.08. The largest absolute Gasteiger partial charge is 0.508 e. The van der Waals surface area contributed by atoms with Crippen molar-refractivity contribution < 1.29 is 20.1 Å². The highest BCUT2D eigenvalue weighted by atomic mass is 16.6. The number of aromatic hydroxyl groups is 1. The molecule has 0 amide bonds. The van der Waals surface area contributed by atoms with Crippen molar-refractivity contribution >= 4 is 17.8 Å². The van der Waals surface area contributed by atoms with E-state index in [9.17, 15) is 15.3 Å². The molecular formula is C23H24N4O4. The molecule has 8 heteroatoms. The molecule has 8 nitrogen and oxygen atoms in total. The minimum absolute atomic E-state index is 0.204. The second kappa shape index (κ2) is 7.73. The first-order chi connectivity index (χ1) is 15.0. The molecule has 0 aliphatic carbocycles. The van der Waals surface area contributed by atoms with Gasteiger partial charge in [-0.15, -0.1) is 0 Å². The maximum atomic E-state index is 10.5. The lowest BCUT2D eigenvalue weighted by molar-refractivity contribution is -0.0308. The van der Waals surface area contributed by atoms with Gasteiger partial charge in [0, 0.05) is 17.3 Å². The van der Waals surface area contributed by atoms with E-state index in [1.54, 1.807) is 37.5 Å². The molecule has 4 N–H and O–H groups in total. The number of rotatable bonds is 4. The summed E-state index contributed by atoms with van der Waals surface area (Å²) in [6, 6.07) is 16.8. The third-order valence-electron chi connectivity index (χ3n) is 5.73. The number of aliphatic hydroxyl groups is 2. The van der Waals surface area contributed by atoms with Crippen molar-refractivity contribution in [3.63, 3.8) is 0 Å². The van der Waals surface area contributed by atoms with Crippen molar-refractivity contribution in [3.05, 3.63) is 66.4 Å². The summed E-state index contributed by atoms with van der Waals surface area (Å²) in [7, 11) is 0. The molecule has 31 heavy (non-hydrogen) atoms. The van der Waals surface area contributed by atoms with E-state index in [0.29, 0.717) is 12.4 Å². The zero-order chi connectivity index (χ0) is 21.5. The number of nitrogens with zero attached hydrogens (tertiary/aromatic N) is 3. The Morgan fingerprint density at radius 3 is 2.45 bits per heavy atom. The Labute approximate surface area is 179 Å². The predicted octanol–water partition coefficient (Wildman–Crippen LogP) is 3.00. The smallest absolute Gasteiger partial charge is 0.164 e. The molecule has 2 aliphatic heterocycles. The zero-order valence-electron chi connectivity index (χ0n) is 17.0. The van der Waals surface area contributed by atoms with Crippen LogP contribution in [0.15, 0.2) is 65.8 Å². The van der Waals surface area contributed by atoms with E-state index in [1.807, 2.05) is 46.1 Å². The lowest BCUT2D eigenvalue weighted by atomic mass is 10.0. The van der Waals surface area contributed by atoms with E-state index < -0.39 is 24.5 Å². The van der Waals surface area contributed by atoms with Crippen LogP contribution in [-0.2, 0) is 11.3 Å². The Morgan fingerprint density at radius 1 is 1.03 bits per heavy atom. The molecule has 160 valence electrons. The van der Waals surface area contributed by atoms with E-state index in [0.717, 1.165) is 22.4 Å². The van der Waals surface area contributed by atoms with E-state index >= 15 is 0 Å². The number of nitrogens with one attached hydrogen (secondary N) is 1. The summed E-state index contributed by atoms with van der Waals surface area (Å²) in [6.45, 7) is 2.27. The number of anilines is 1. The van der Waals surface area contributed by atoms with Gasteiger partial charge in [0.15, 0.2) is 6.23 Å². The van der Waals surface area contributed by atoms with E-state index in [-0.39, 0.29) is 5.75 Å². The van der Waals surface area contributed by atoms with Gasteiger partial charge in [0.25, 0.3) is 0 Å². The van der Waals surface area contributed by atoms with Crippen LogP contribution < -0.4 is 5.43 Å². The van der Waals surface area contributed by atoms with Crippen LogP contribution in [0.3, 0.4) is 0 Å². The normalized spacial score (nSPS) is 24.9. The molecule has 5 rings (SSSR count). The first-order valence-corrected chi connectivity index (χ1v) is 10.2. The molecule has 2 aliphatic rings. The fraction of sp³-hybridized carbons (Fsp3) is 0.261. The maximum absolute atomic E-state index is 10.5. The number of hydrogen-bond acceptors (Lipinski definition) is 7. The minimum Gasteiger partial charge on any atom is -0.508 e. The van der Waals surface area contributed by atoms with Gasteiger partial charge in [0.1, 0.15) is 30.1 Å². The third kappa shape index (κ3) is 3.54.